The average Bonchev–Trinajstić information content (AvgIpc) is 2.92. The van der Waals surface area contributed by atoms with Gasteiger partial charge in [0, 0.05) is 0 Å². The van der Waals surface area contributed by atoms with Crippen molar-refractivity contribution in [1.29, 1.82) is 0 Å². The lowest BCUT2D eigenvalue weighted by Gasteiger charge is -2.10. The minimum absolute atomic E-state index is 0.400. The predicted octanol–water partition coefficient (Wildman–Crippen LogP) is 4.37. The number of para-hydroxylation sites is 2. The van der Waals surface area contributed by atoms with Crippen LogP contribution in [0.1, 0.15) is 31.2 Å². The highest BCUT2D eigenvalue weighted by molar-refractivity contribution is 5.76. The van der Waals surface area contributed by atoms with Crippen LogP contribution in [-0.4, -0.2) is 9.55 Å². The first kappa shape index (κ1) is 15.2. The van der Waals surface area contributed by atoms with Crippen molar-refractivity contribution in [3.8, 4) is 18.1 Å². The van der Waals surface area contributed by atoms with Gasteiger partial charge in [0.05, 0.1) is 17.6 Å². The van der Waals surface area contributed by atoms with E-state index in [9.17, 15) is 0 Å². The molecule has 0 atom stereocenters. The Balaban J connectivity index is 1.81. The second kappa shape index (κ2) is 6.58. The van der Waals surface area contributed by atoms with E-state index in [2.05, 4.69) is 36.9 Å². The Morgan fingerprint density at radius 1 is 1.13 bits per heavy atom. The summed E-state index contributed by atoms with van der Waals surface area (Å²) >= 11 is 0. The fourth-order valence-electron chi connectivity index (χ4n) is 2.60. The van der Waals surface area contributed by atoms with Gasteiger partial charge in [0.2, 0.25) is 0 Å². The number of hydrogen-bond acceptors (Lipinski definition) is 2. The second-order valence-electron chi connectivity index (χ2n) is 5.82. The largest absolute Gasteiger partial charge is 0.486 e. The number of ether oxygens (including phenoxy) is 1. The molecule has 23 heavy (non-hydrogen) atoms. The van der Waals surface area contributed by atoms with Crippen molar-refractivity contribution in [2.45, 2.75) is 32.9 Å². The number of aromatic nitrogens is 2. The zero-order valence-corrected chi connectivity index (χ0v) is 13.5. The number of hydrogen-bond donors (Lipinski definition) is 0. The molecule has 1 aromatic heterocycles. The molecule has 0 N–H and O–H groups in total. The van der Waals surface area contributed by atoms with Crippen molar-refractivity contribution in [2.75, 3.05) is 0 Å². The molecule has 0 aliphatic carbocycles. The van der Waals surface area contributed by atoms with Gasteiger partial charge in [-0.05, 0) is 35.7 Å². The van der Waals surface area contributed by atoms with Crippen LogP contribution in [-0.2, 0) is 13.2 Å². The number of fused-ring (bicyclic) bond motifs is 1. The Kier molecular flexibility index (Phi) is 4.34. The van der Waals surface area contributed by atoms with Gasteiger partial charge in [-0.2, -0.15) is 0 Å². The van der Waals surface area contributed by atoms with Gasteiger partial charge in [-0.25, -0.2) is 4.98 Å². The van der Waals surface area contributed by atoms with Crippen LogP contribution in [0.5, 0.6) is 5.75 Å². The maximum atomic E-state index is 5.89. The summed E-state index contributed by atoms with van der Waals surface area (Å²) in [5.41, 5.74) is 3.28. The highest BCUT2D eigenvalue weighted by Gasteiger charge is 2.10. The van der Waals surface area contributed by atoms with E-state index in [-0.39, 0.29) is 0 Å². The van der Waals surface area contributed by atoms with E-state index in [1.54, 1.807) is 0 Å². The second-order valence-corrected chi connectivity index (χ2v) is 5.82. The predicted molar refractivity (Wildman–Crippen MR) is 93.4 cm³/mol. The van der Waals surface area contributed by atoms with Gasteiger partial charge < -0.3 is 9.30 Å². The van der Waals surface area contributed by atoms with E-state index in [0.717, 1.165) is 22.6 Å². The van der Waals surface area contributed by atoms with Crippen molar-refractivity contribution < 1.29 is 4.74 Å². The summed E-state index contributed by atoms with van der Waals surface area (Å²) in [5.74, 6) is 4.89. The van der Waals surface area contributed by atoms with Crippen molar-refractivity contribution in [2.24, 2.45) is 0 Å². The molecule has 0 saturated carbocycles. The molecule has 3 nitrogen and oxygen atoms in total. The third kappa shape index (κ3) is 3.22. The maximum Gasteiger partial charge on any atom is 0.148 e. The summed E-state index contributed by atoms with van der Waals surface area (Å²) in [4.78, 5) is 4.63. The molecular formula is C20H20N2O. The number of rotatable bonds is 5. The van der Waals surface area contributed by atoms with Gasteiger partial charge >= 0.3 is 0 Å². The monoisotopic (exact) mass is 304 g/mol. The third-order valence-electron chi connectivity index (χ3n) is 3.90. The fraction of sp³-hybridized carbons (Fsp3) is 0.250. The molecule has 3 aromatic rings. The van der Waals surface area contributed by atoms with Crippen molar-refractivity contribution in [3.63, 3.8) is 0 Å². The van der Waals surface area contributed by atoms with Crippen LogP contribution in [0.2, 0.25) is 0 Å². The third-order valence-corrected chi connectivity index (χ3v) is 3.90. The van der Waals surface area contributed by atoms with Crippen LogP contribution in [0.3, 0.4) is 0 Å². The molecule has 2 aromatic carbocycles. The summed E-state index contributed by atoms with van der Waals surface area (Å²) in [5, 5.41) is 0. The molecule has 116 valence electrons. The first-order valence-corrected chi connectivity index (χ1v) is 7.79. The molecule has 0 saturated heterocycles. The van der Waals surface area contributed by atoms with E-state index in [1.807, 2.05) is 41.0 Å². The smallest absolute Gasteiger partial charge is 0.148 e. The number of terminal acetylenes is 1. The number of benzene rings is 2. The van der Waals surface area contributed by atoms with Crippen LogP contribution in [0.4, 0.5) is 0 Å². The van der Waals surface area contributed by atoms with Crippen molar-refractivity contribution in [1.82, 2.24) is 9.55 Å². The molecule has 0 spiro atoms. The Hall–Kier alpha value is -2.73. The lowest BCUT2D eigenvalue weighted by atomic mass is 10.0. The maximum absolute atomic E-state index is 5.89. The van der Waals surface area contributed by atoms with Gasteiger partial charge in [-0.1, -0.05) is 44.0 Å². The SMILES string of the molecule is C#CCn1c(COc2ccc(C(C)C)cc2)nc2ccccc21. The molecule has 1 heterocycles. The van der Waals surface area contributed by atoms with Gasteiger partial charge in [-0.3, -0.25) is 0 Å². The average molecular weight is 304 g/mol. The van der Waals surface area contributed by atoms with E-state index >= 15 is 0 Å². The number of imidazole rings is 1. The van der Waals surface area contributed by atoms with E-state index in [0.29, 0.717) is 19.1 Å². The lowest BCUT2D eigenvalue weighted by molar-refractivity contribution is 0.291. The Morgan fingerprint density at radius 2 is 1.87 bits per heavy atom. The standard InChI is InChI=1S/C20H20N2O/c1-4-13-22-19-8-6-5-7-18(19)21-20(22)14-23-17-11-9-16(10-12-17)15(2)3/h1,5-12,15H,13-14H2,2-3H3. The molecule has 0 fully saturated rings. The van der Waals surface area contributed by atoms with Crippen LogP contribution >= 0.6 is 0 Å². The Labute approximate surface area is 136 Å². The molecule has 3 rings (SSSR count). The Bertz CT molecular complexity index is 838. The molecule has 0 unspecified atom stereocenters. The highest BCUT2D eigenvalue weighted by atomic mass is 16.5. The van der Waals surface area contributed by atoms with E-state index < -0.39 is 0 Å². The van der Waals surface area contributed by atoms with Crippen LogP contribution in [0, 0.1) is 12.3 Å². The summed E-state index contributed by atoms with van der Waals surface area (Å²) in [6.45, 7) is 5.25. The van der Waals surface area contributed by atoms with E-state index in [1.165, 1.54) is 5.56 Å². The normalized spacial score (nSPS) is 10.9. The minimum atomic E-state index is 0.400. The van der Waals surface area contributed by atoms with E-state index in [4.69, 9.17) is 11.2 Å². The molecule has 0 radical (unpaired) electrons. The Morgan fingerprint density at radius 3 is 2.57 bits per heavy atom. The number of nitrogens with zero attached hydrogens (tertiary/aromatic N) is 2. The quantitative estimate of drug-likeness (QED) is 0.654. The molecule has 0 aliphatic rings. The molecule has 3 heteroatoms. The lowest BCUT2D eigenvalue weighted by Crippen LogP contribution is -2.06. The molecule has 0 aliphatic heterocycles. The molecular weight excluding hydrogens is 284 g/mol. The highest BCUT2D eigenvalue weighted by Crippen LogP contribution is 2.21. The van der Waals surface area contributed by atoms with Gasteiger partial charge in [0.25, 0.3) is 0 Å². The molecule has 0 amide bonds. The van der Waals surface area contributed by atoms with Crippen LogP contribution in [0.15, 0.2) is 48.5 Å². The van der Waals surface area contributed by atoms with Gasteiger partial charge in [0.15, 0.2) is 0 Å². The first-order chi connectivity index (χ1) is 11.2. The fourth-order valence-corrected chi connectivity index (χ4v) is 2.60. The summed E-state index contributed by atoms with van der Waals surface area (Å²) in [6, 6.07) is 16.2. The minimum Gasteiger partial charge on any atom is -0.486 e. The van der Waals surface area contributed by atoms with Gasteiger partial charge in [-0.15, -0.1) is 6.42 Å². The topological polar surface area (TPSA) is 27.1 Å². The summed E-state index contributed by atoms with van der Waals surface area (Å²) < 4.78 is 7.92. The summed E-state index contributed by atoms with van der Waals surface area (Å²) in [7, 11) is 0. The first-order valence-electron chi connectivity index (χ1n) is 7.79. The van der Waals surface area contributed by atoms with Crippen molar-refractivity contribution in [3.05, 3.63) is 59.9 Å². The zero-order chi connectivity index (χ0) is 16.2. The zero-order valence-electron chi connectivity index (χ0n) is 13.5. The van der Waals surface area contributed by atoms with Crippen molar-refractivity contribution >= 4 is 11.0 Å². The molecule has 0 bridgehead atoms. The van der Waals surface area contributed by atoms with Crippen LogP contribution < -0.4 is 4.74 Å². The summed E-state index contributed by atoms with van der Waals surface area (Å²) in [6.07, 6.45) is 5.49. The van der Waals surface area contributed by atoms with Gasteiger partial charge in [0.1, 0.15) is 18.2 Å². The van der Waals surface area contributed by atoms with Crippen LogP contribution in [0.25, 0.3) is 11.0 Å².